The minimum Gasteiger partial charge on any atom is -0.369 e. The molecule has 0 unspecified atom stereocenters. The standard InChI is InChI=1S/C21H22F2N4O/c22-20(23)14-27-15-24-19-12-17(6-7-18(19)21(27)28)26-10-8-25(9-11-26)13-16-4-2-1-3-5-16/h1-7,12,15,20H,8-11,13-14H2. The summed E-state index contributed by atoms with van der Waals surface area (Å²) in [6.07, 6.45) is -1.37. The molecule has 146 valence electrons. The Morgan fingerprint density at radius 1 is 1.00 bits per heavy atom. The summed E-state index contributed by atoms with van der Waals surface area (Å²) in [5, 5.41) is 0.370. The summed E-state index contributed by atoms with van der Waals surface area (Å²) < 4.78 is 26.1. The lowest BCUT2D eigenvalue weighted by Crippen LogP contribution is -2.46. The summed E-state index contributed by atoms with van der Waals surface area (Å²) >= 11 is 0. The van der Waals surface area contributed by atoms with E-state index in [1.54, 1.807) is 6.07 Å². The summed E-state index contributed by atoms with van der Waals surface area (Å²) in [6, 6.07) is 15.9. The maximum absolute atomic E-state index is 12.6. The molecule has 7 heteroatoms. The number of hydrogen-bond acceptors (Lipinski definition) is 4. The van der Waals surface area contributed by atoms with Gasteiger partial charge in [-0.1, -0.05) is 30.3 Å². The van der Waals surface area contributed by atoms with Crippen LogP contribution in [-0.2, 0) is 13.1 Å². The van der Waals surface area contributed by atoms with E-state index in [2.05, 4.69) is 39.0 Å². The summed E-state index contributed by atoms with van der Waals surface area (Å²) in [4.78, 5) is 21.2. The number of halogens is 2. The third-order valence-corrected chi connectivity index (χ3v) is 5.13. The third kappa shape index (κ3) is 4.04. The Balaban J connectivity index is 1.46. The number of alkyl halides is 2. The summed E-state index contributed by atoms with van der Waals surface area (Å²) in [5.74, 6) is 0. The fourth-order valence-corrected chi connectivity index (χ4v) is 3.63. The first-order chi connectivity index (χ1) is 13.6. The lowest BCUT2D eigenvalue weighted by molar-refractivity contribution is 0.125. The van der Waals surface area contributed by atoms with Crippen LogP contribution in [0.25, 0.3) is 10.9 Å². The zero-order chi connectivity index (χ0) is 19.5. The van der Waals surface area contributed by atoms with Crippen molar-refractivity contribution in [3.05, 3.63) is 70.8 Å². The Morgan fingerprint density at radius 3 is 2.46 bits per heavy atom. The van der Waals surface area contributed by atoms with Gasteiger partial charge >= 0.3 is 0 Å². The van der Waals surface area contributed by atoms with E-state index in [1.165, 1.54) is 11.9 Å². The number of piperazine rings is 1. The van der Waals surface area contributed by atoms with Gasteiger partial charge in [-0.2, -0.15) is 0 Å². The maximum atomic E-state index is 12.6. The molecular formula is C21H22F2N4O. The van der Waals surface area contributed by atoms with Crippen molar-refractivity contribution in [2.45, 2.75) is 19.5 Å². The van der Waals surface area contributed by atoms with Crippen molar-refractivity contribution in [2.75, 3.05) is 31.1 Å². The van der Waals surface area contributed by atoms with E-state index in [1.807, 2.05) is 18.2 Å². The number of rotatable bonds is 5. The van der Waals surface area contributed by atoms with E-state index in [0.29, 0.717) is 10.9 Å². The van der Waals surface area contributed by atoms with Gasteiger partial charge in [0.15, 0.2) is 0 Å². The predicted molar refractivity (Wildman–Crippen MR) is 106 cm³/mol. The summed E-state index contributed by atoms with van der Waals surface area (Å²) in [7, 11) is 0. The molecule has 4 rings (SSSR count). The highest BCUT2D eigenvalue weighted by Gasteiger charge is 2.18. The molecule has 2 heterocycles. The monoisotopic (exact) mass is 384 g/mol. The van der Waals surface area contributed by atoms with Crippen molar-refractivity contribution >= 4 is 16.6 Å². The minimum absolute atomic E-state index is 0.370. The van der Waals surface area contributed by atoms with Crippen LogP contribution in [0.4, 0.5) is 14.5 Å². The normalized spacial score (nSPS) is 15.5. The fraction of sp³-hybridized carbons (Fsp3) is 0.333. The molecule has 0 atom stereocenters. The van der Waals surface area contributed by atoms with Gasteiger partial charge in [-0.15, -0.1) is 0 Å². The zero-order valence-electron chi connectivity index (χ0n) is 15.5. The highest BCUT2D eigenvalue weighted by Crippen LogP contribution is 2.21. The molecule has 2 aromatic carbocycles. The molecule has 3 aromatic rings. The largest absolute Gasteiger partial charge is 0.369 e. The van der Waals surface area contributed by atoms with Gasteiger partial charge in [-0.3, -0.25) is 14.3 Å². The highest BCUT2D eigenvalue weighted by atomic mass is 19.3. The number of nitrogens with zero attached hydrogens (tertiary/aromatic N) is 4. The average Bonchev–Trinajstić information content (AvgIpc) is 2.71. The minimum atomic E-state index is -2.58. The molecule has 0 N–H and O–H groups in total. The van der Waals surface area contributed by atoms with Gasteiger partial charge in [0.1, 0.15) is 0 Å². The number of fused-ring (bicyclic) bond motifs is 1. The van der Waals surface area contributed by atoms with Crippen LogP contribution in [0.3, 0.4) is 0 Å². The third-order valence-electron chi connectivity index (χ3n) is 5.13. The molecule has 1 aliphatic rings. The fourth-order valence-electron chi connectivity index (χ4n) is 3.63. The molecule has 0 bridgehead atoms. The molecule has 5 nitrogen and oxygen atoms in total. The topological polar surface area (TPSA) is 41.4 Å². The molecule has 0 radical (unpaired) electrons. The van der Waals surface area contributed by atoms with Gasteiger partial charge in [0.05, 0.1) is 23.8 Å². The van der Waals surface area contributed by atoms with Crippen LogP contribution < -0.4 is 10.5 Å². The Kier molecular flexibility index (Phi) is 5.34. The lowest BCUT2D eigenvalue weighted by atomic mass is 10.1. The summed E-state index contributed by atoms with van der Waals surface area (Å²) in [5.41, 5.74) is 2.43. The second kappa shape index (κ2) is 8.06. The van der Waals surface area contributed by atoms with Gasteiger partial charge < -0.3 is 4.90 Å². The molecule has 1 aromatic heterocycles. The van der Waals surface area contributed by atoms with E-state index < -0.39 is 18.5 Å². The molecule has 1 fully saturated rings. The molecule has 1 aliphatic heterocycles. The molecule has 0 saturated carbocycles. The number of aromatic nitrogens is 2. The SMILES string of the molecule is O=c1c2ccc(N3CCN(Cc4ccccc4)CC3)cc2ncn1CC(F)F. The van der Waals surface area contributed by atoms with Crippen LogP contribution in [0.15, 0.2) is 59.7 Å². The highest BCUT2D eigenvalue weighted by molar-refractivity contribution is 5.81. The number of benzene rings is 2. The Hall–Kier alpha value is -2.80. The molecular weight excluding hydrogens is 362 g/mol. The van der Waals surface area contributed by atoms with Gasteiger partial charge in [0.25, 0.3) is 12.0 Å². The maximum Gasteiger partial charge on any atom is 0.261 e. The van der Waals surface area contributed by atoms with Crippen molar-refractivity contribution in [3.63, 3.8) is 0 Å². The van der Waals surface area contributed by atoms with Crippen LogP contribution >= 0.6 is 0 Å². The Bertz CT molecular complexity index is 998. The number of hydrogen-bond donors (Lipinski definition) is 0. The first-order valence-electron chi connectivity index (χ1n) is 9.39. The van der Waals surface area contributed by atoms with Crippen molar-refractivity contribution in [2.24, 2.45) is 0 Å². The van der Waals surface area contributed by atoms with E-state index >= 15 is 0 Å². The van der Waals surface area contributed by atoms with Crippen LogP contribution in [0, 0.1) is 0 Å². The quantitative estimate of drug-likeness (QED) is 0.678. The van der Waals surface area contributed by atoms with Gasteiger partial charge in [0.2, 0.25) is 0 Å². The molecule has 0 aliphatic carbocycles. The Labute approximate surface area is 161 Å². The number of anilines is 1. The average molecular weight is 384 g/mol. The van der Waals surface area contributed by atoms with Crippen LogP contribution in [-0.4, -0.2) is 47.1 Å². The second-order valence-corrected chi connectivity index (χ2v) is 7.04. The van der Waals surface area contributed by atoms with Crippen LogP contribution in [0.1, 0.15) is 5.56 Å². The van der Waals surface area contributed by atoms with E-state index in [4.69, 9.17) is 0 Å². The van der Waals surface area contributed by atoms with Gasteiger partial charge in [0, 0.05) is 38.4 Å². The first-order valence-corrected chi connectivity index (χ1v) is 9.39. The first kappa shape index (κ1) is 18.6. The second-order valence-electron chi connectivity index (χ2n) is 7.04. The van der Waals surface area contributed by atoms with Crippen molar-refractivity contribution < 1.29 is 8.78 Å². The van der Waals surface area contributed by atoms with Crippen LogP contribution in [0.2, 0.25) is 0 Å². The van der Waals surface area contributed by atoms with E-state index in [0.717, 1.165) is 43.0 Å². The van der Waals surface area contributed by atoms with E-state index in [9.17, 15) is 13.6 Å². The van der Waals surface area contributed by atoms with Crippen molar-refractivity contribution in [1.82, 2.24) is 14.5 Å². The van der Waals surface area contributed by atoms with Gasteiger partial charge in [-0.05, 0) is 23.8 Å². The summed E-state index contributed by atoms with van der Waals surface area (Å²) in [6.45, 7) is 4.00. The predicted octanol–water partition coefficient (Wildman–Crippen LogP) is 2.98. The molecule has 28 heavy (non-hydrogen) atoms. The molecule has 0 spiro atoms. The Morgan fingerprint density at radius 2 is 1.75 bits per heavy atom. The van der Waals surface area contributed by atoms with Gasteiger partial charge in [-0.25, -0.2) is 13.8 Å². The van der Waals surface area contributed by atoms with Crippen molar-refractivity contribution in [1.29, 1.82) is 0 Å². The zero-order valence-corrected chi connectivity index (χ0v) is 15.5. The smallest absolute Gasteiger partial charge is 0.261 e. The lowest BCUT2D eigenvalue weighted by Gasteiger charge is -2.36. The van der Waals surface area contributed by atoms with Crippen molar-refractivity contribution in [3.8, 4) is 0 Å². The molecule has 0 amide bonds. The van der Waals surface area contributed by atoms with Crippen LogP contribution in [0.5, 0.6) is 0 Å². The molecule has 1 saturated heterocycles. The van der Waals surface area contributed by atoms with E-state index in [-0.39, 0.29) is 0 Å².